The van der Waals surface area contributed by atoms with Gasteiger partial charge in [0.05, 0.1) is 12.6 Å². The fraction of sp³-hybridized carbons (Fsp3) is 0.190. The Hall–Kier alpha value is -3.01. The van der Waals surface area contributed by atoms with Crippen molar-refractivity contribution in [3.63, 3.8) is 0 Å². The molecule has 0 fully saturated rings. The monoisotopic (exact) mass is 332 g/mol. The molecule has 0 aliphatic carbocycles. The summed E-state index contributed by atoms with van der Waals surface area (Å²) in [5.41, 5.74) is 2.82. The van der Waals surface area contributed by atoms with Crippen LogP contribution in [0, 0.1) is 0 Å². The third-order valence-corrected chi connectivity index (χ3v) is 4.73. The van der Waals surface area contributed by atoms with E-state index in [2.05, 4.69) is 0 Å². The zero-order valence-electron chi connectivity index (χ0n) is 14.1. The lowest BCUT2D eigenvalue weighted by Crippen LogP contribution is -2.34. The minimum absolute atomic E-state index is 0.0285. The van der Waals surface area contributed by atoms with E-state index in [1.165, 1.54) is 0 Å². The molecule has 4 heteroatoms. The number of ether oxygens (including phenoxy) is 1. The van der Waals surface area contributed by atoms with E-state index in [1.807, 2.05) is 89.6 Å². The number of amides is 1. The molecule has 2 heterocycles. The summed E-state index contributed by atoms with van der Waals surface area (Å²) < 4.78 is 7.73. The Bertz CT molecular complexity index is 869. The molecule has 1 aromatic heterocycles. The fourth-order valence-corrected chi connectivity index (χ4v) is 3.35. The van der Waals surface area contributed by atoms with Gasteiger partial charge in [0.25, 0.3) is 5.91 Å². The molecule has 1 unspecified atom stereocenters. The molecule has 0 bridgehead atoms. The Morgan fingerprint density at radius 2 is 1.76 bits per heavy atom. The summed E-state index contributed by atoms with van der Waals surface area (Å²) in [6.07, 6.45) is 4.78. The molecule has 2 aromatic carbocycles. The molecule has 0 N–H and O–H groups in total. The molecular weight excluding hydrogens is 312 g/mol. The Morgan fingerprint density at radius 1 is 1.04 bits per heavy atom. The van der Waals surface area contributed by atoms with Gasteiger partial charge < -0.3 is 14.2 Å². The third kappa shape index (κ3) is 2.91. The van der Waals surface area contributed by atoms with Crippen LogP contribution in [-0.4, -0.2) is 29.0 Å². The first-order chi connectivity index (χ1) is 12.2. The lowest BCUT2D eigenvalue weighted by Gasteiger charge is -2.33. The second kappa shape index (κ2) is 6.48. The van der Waals surface area contributed by atoms with Crippen LogP contribution in [0.2, 0.25) is 0 Å². The zero-order chi connectivity index (χ0) is 17.2. The maximum Gasteiger partial charge on any atom is 0.254 e. The van der Waals surface area contributed by atoms with Crippen molar-refractivity contribution in [1.29, 1.82) is 0 Å². The third-order valence-electron chi connectivity index (χ3n) is 4.73. The molecule has 0 spiro atoms. The van der Waals surface area contributed by atoms with Crippen molar-refractivity contribution in [1.82, 2.24) is 9.47 Å². The molecule has 1 amide bonds. The van der Waals surface area contributed by atoms with Crippen molar-refractivity contribution in [2.24, 2.45) is 0 Å². The highest BCUT2D eigenvalue weighted by Gasteiger charge is 2.28. The highest BCUT2D eigenvalue weighted by molar-refractivity contribution is 5.94. The second-order valence-corrected chi connectivity index (χ2v) is 6.24. The molecule has 0 saturated heterocycles. The van der Waals surface area contributed by atoms with Crippen LogP contribution in [0.15, 0.2) is 73.1 Å². The lowest BCUT2D eigenvalue weighted by atomic mass is 9.98. The van der Waals surface area contributed by atoms with Crippen LogP contribution < -0.4 is 4.74 Å². The Morgan fingerprint density at radius 3 is 2.52 bits per heavy atom. The van der Waals surface area contributed by atoms with Gasteiger partial charge in [0.2, 0.25) is 0 Å². The summed E-state index contributed by atoms with van der Waals surface area (Å²) in [5, 5.41) is 0. The summed E-state index contributed by atoms with van der Waals surface area (Å²) in [6.45, 7) is 0.631. The first-order valence-electron chi connectivity index (χ1n) is 8.46. The number of fused-ring (bicyclic) bond motifs is 1. The maximum absolute atomic E-state index is 12.9. The summed E-state index contributed by atoms with van der Waals surface area (Å²) in [6, 6.07) is 19.7. The van der Waals surface area contributed by atoms with Crippen LogP contribution >= 0.6 is 0 Å². The van der Waals surface area contributed by atoms with Crippen LogP contribution in [0.25, 0.3) is 5.69 Å². The number of carbonyl (C=O) groups is 1. The zero-order valence-corrected chi connectivity index (χ0v) is 14.1. The molecule has 1 atom stereocenters. The minimum atomic E-state index is 0.0285. The number of hydrogen-bond acceptors (Lipinski definition) is 2. The highest BCUT2D eigenvalue weighted by Crippen LogP contribution is 2.35. The first kappa shape index (κ1) is 15.5. The maximum atomic E-state index is 12.9. The van der Waals surface area contributed by atoms with Gasteiger partial charge in [-0.15, -0.1) is 0 Å². The Balaban J connectivity index is 1.57. The van der Waals surface area contributed by atoms with E-state index in [9.17, 15) is 4.79 Å². The number of para-hydroxylation sites is 1. The normalized spacial score (nSPS) is 16.0. The molecule has 3 aromatic rings. The number of benzene rings is 2. The van der Waals surface area contributed by atoms with Crippen molar-refractivity contribution in [3.05, 3.63) is 84.2 Å². The van der Waals surface area contributed by atoms with E-state index >= 15 is 0 Å². The average molecular weight is 332 g/mol. The van der Waals surface area contributed by atoms with Crippen molar-refractivity contribution >= 4 is 5.91 Å². The van der Waals surface area contributed by atoms with Crippen molar-refractivity contribution in [2.45, 2.75) is 12.5 Å². The number of aromatic nitrogens is 1. The van der Waals surface area contributed by atoms with Crippen LogP contribution in [0.5, 0.6) is 5.75 Å². The molecule has 1 aliphatic rings. The van der Waals surface area contributed by atoms with E-state index in [4.69, 9.17) is 4.74 Å². The summed E-state index contributed by atoms with van der Waals surface area (Å²) in [4.78, 5) is 14.8. The number of rotatable bonds is 3. The number of nitrogens with zero attached hydrogens (tertiary/aromatic N) is 2. The summed E-state index contributed by atoms with van der Waals surface area (Å²) >= 11 is 0. The Kier molecular flexibility index (Phi) is 4.02. The highest BCUT2D eigenvalue weighted by atomic mass is 16.5. The molecule has 126 valence electrons. The van der Waals surface area contributed by atoms with Crippen LogP contribution in [0.4, 0.5) is 0 Å². The molecule has 0 saturated carbocycles. The van der Waals surface area contributed by atoms with E-state index in [0.717, 1.165) is 23.4 Å². The van der Waals surface area contributed by atoms with Crippen molar-refractivity contribution < 1.29 is 9.53 Å². The smallest absolute Gasteiger partial charge is 0.254 e. The number of hydrogen-bond donors (Lipinski definition) is 0. The predicted octanol–water partition coefficient (Wildman–Crippen LogP) is 4.07. The molecule has 4 nitrogen and oxygen atoms in total. The van der Waals surface area contributed by atoms with Gasteiger partial charge in [-0.1, -0.05) is 18.2 Å². The number of carbonyl (C=O) groups excluding carboxylic acids is 1. The average Bonchev–Trinajstić information content (AvgIpc) is 3.21. The standard InChI is InChI=1S/C21H20N2O2/c1-22(19-12-15-25-20-7-3-2-6-18(19)20)21(24)16-8-10-17(11-9-16)23-13-4-5-14-23/h2-11,13-14,19H,12,15H2,1H3. The van der Waals surface area contributed by atoms with E-state index < -0.39 is 0 Å². The van der Waals surface area contributed by atoms with E-state index in [0.29, 0.717) is 12.2 Å². The van der Waals surface area contributed by atoms with E-state index in [-0.39, 0.29) is 11.9 Å². The largest absolute Gasteiger partial charge is 0.493 e. The van der Waals surface area contributed by atoms with E-state index in [1.54, 1.807) is 0 Å². The van der Waals surface area contributed by atoms with Gasteiger partial charge in [0.1, 0.15) is 5.75 Å². The molecular formula is C21H20N2O2. The van der Waals surface area contributed by atoms with Gasteiger partial charge in [-0.2, -0.15) is 0 Å². The van der Waals surface area contributed by atoms with Gasteiger partial charge in [0, 0.05) is 42.7 Å². The summed E-state index contributed by atoms with van der Waals surface area (Å²) in [5.74, 6) is 0.905. The van der Waals surface area contributed by atoms with Crippen molar-refractivity contribution in [3.8, 4) is 11.4 Å². The van der Waals surface area contributed by atoms with Crippen LogP contribution in [0.3, 0.4) is 0 Å². The van der Waals surface area contributed by atoms with Crippen molar-refractivity contribution in [2.75, 3.05) is 13.7 Å². The van der Waals surface area contributed by atoms with Gasteiger partial charge >= 0.3 is 0 Å². The molecule has 1 aliphatic heterocycles. The summed E-state index contributed by atoms with van der Waals surface area (Å²) in [7, 11) is 1.87. The quantitative estimate of drug-likeness (QED) is 0.724. The molecule has 25 heavy (non-hydrogen) atoms. The minimum Gasteiger partial charge on any atom is -0.493 e. The SMILES string of the molecule is CN(C(=O)c1ccc(-n2cccc2)cc1)C1CCOc2ccccc21. The fourth-order valence-electron chi connectivity index (χ4n) is 3.35. The first-order valence-corrected chi connectivity index (χ1v) is 8.46. The van der Waals surface area contributed by atoms with Gasteiger partial charge in [-0.05, 0) is 42.5 Å². The van der Waals surface area contributed by atoms with Gasteiger partial charge in [0.15, 0.2) is 0 Å². The van der Waals surface area contributed by atoms with Gasteiger partial charge in [-0.3, -0.25) is 4.79 Å². The predicted molar refractivity (Wildman–Crippen MR) is 97.2 cm³/mol. The van der Waals surface area contributed by atoms with Crippen LogP contribution in [-0.2, 0) is 0 Å². The van der Waals surface area contributed by atoms with Gasteiger partial charge in [-0.25, -0.2) is 0 Å². The molecule has 4 rings (SSSR count). The topological polar surface area (TPSA) is 34.5 Å². The second-order valence-electron chi connectivity index (χ2n) is 6.24. The lowest BCUT2D eigenvalue weighted by molar-refractivity contribution is 0.0686. The van der Waals surface area contributed by atoms with Crippen LogP contribution in [0.1, 0.15) is 28.4 Å². The Labute approximate surface area is 147 Å². The molecule has 0 radical (unpaired) electrons.